The van der Waals surface area contributed by atoms with E-state index >= 15 is 0 Å². The third-order valence-corrected chi connectivity index (χ3v) is 3.45. The van der Waals surface area contributed by atoms with Crippen LogP contribution in [-0.2, 0) is 22.6 Å². The lowest BCUT2D eigenvalue weighted by Gasteiger charge is -2.07. The standard InChI is InChI=1S/C16H16BrN3O2/c17-13-6-4-12(5-7-13)9-15(21)20-11-16(22)19-10-14-3-1-2-8-18-14/h1-8H,9-11H2,(H,19,22)(H,20,21). The number of hydrogen-bond acceptors (Lipinski definition) is 3. The molecule has 1 aromatic heterocycles. The Labute approximate surface area is 137 Å². The normalized spacial score (nSPS) is 10.0. The Morgan fingerprint density at radius 2 is 1.77 bits per heavy atom. The Hall–Kier alpha value is -2.21. The summed E-state index contributed by atoms with van der Waals surface area (Å²) >= 11 is 3.34. The zero-order chi connectivity index (χ0) is 15.8. The average molecular weight is 362 g/mol. The maximum atomic E-state index is 11.8. The molecule has 0 aliphatic carbocycles. The molecule has 22 heavy (non-hydrogen) atoms. The maximum absolute atomic E-state index is 11.8. The molecule has 6 heteroatoms. The largest absolute Gasteiger partial charge is 0.349 e. The number of rotatable bonds is 6. The molecule has 1 aromatic carbocycles. The summed E-state index contributed by atoms with van der Waals surface area (Å²) in [5.41, 5.74) is 1.67. The lowest BCUT2D eigenvalue weighted by Crippen LogP contribution is -2.37. The quantitative estimate of drug-likeness (QED) is 0.824. The SMILES string of the molecule is O=C(CNC(=O)Cc1ccc(Br)cc1)NCc1ccccn1. The van der Waals surface area contributed by atoms with Gasteiger partial charge in [-0.1, -0.05) is 34.1 Å². The van der Waals surface area contributed by atoms with Crippen LogP contribution in [0.25, 0.3) is 0 Å². The number of nitrogens with zero attached hydrogens (tertiary/aromatic N) is 1. The predicted molar refractivity (Wildman–Crippen MR) is 86.9 cm³/mol. The summed E-state index contributed by atoms with van der Waals surface area (Å²) in [5, 5.41) is 5.30. The number of carbonyl (C=O) groups is 2. The van der Waals surface area contributed by atoms with Crippen LogP contribution in [0.3, 0.4) is 0 Å². The van der Waals surface area contributed by atoms with Crippen molar-refractivity contribution in [2.45, 2.75) is 13.0 Å². The summed E-state index contributed by atoms with van der Waals surface area (Å²) in [7, 11) is 0. The summed E-state index contributed by atoms with van der Waals surface area (Å²) in [5.74, 6) is -0.426. The van der Waals surface area contributed by atoms with Crippen molar-refractivity contribution in [3.05, 3.63) is 64.4 Å². The number of hydrogen-bond donors (Lipinski definition) is 2. The van der Waals surface area contributed by atoms with Crippen LogP contribution in [0.4, 0.5) is 0 Å². The number of amides is 2. The second-order valence-electron chi connectivity index (χ2n) is 4.68. The van der Waals surface area contributed by atoms with E-state index in [0.717, 1.165) is 15.7 Å². The molecule has 0 saturated heterocycles. The summed E-state index contributed by atoms with van der Waals surface area (Å²) in [6.07, 6.45) is 1.92. The van der Waals surface area contributed by atoms with Crippen molar-refractivity contribution in [2.24, 2.45) is 0 Å². The van der Waals surface area contributed by atoms with E-state index < -0.39 is 0 Å². The van der Waals surface area contributed by atoms with Gasteiger partial charge in [-0.3, -0.25) is 14.6 Å². The van der Waals surface area contributed by atoms with E-state index in [0.29, 0.717) is 6.54 Å². The highest BCUT2D eigenvalue weighted by Crippen LogP contribution is 2.10. The fourth-order valence-electron chi connectivity index (χ4n) is 1.78. The van der Waals surface area contributed by atoms with Gasteiger partial charge in [0.15, 0.2) is 0 Å². The second kappa shape index (κ2) is 8.29. The van der Waals surface area contributed by atoms with Gasteiger partial charge >= 0.3 is 0 Å². The fraction of sp³-hybridized carbons (Fsp3) is 0.188. The third kappa shape index (κ3) is 5.65. The number of carbonyl (C=O) groups excluding carboxylic acids is 2. The van der Waals surface area contributed by atoms with Gasteiger partial charge in [-0.2, -0.15) is 0 Å². The van der Waals surface area contributed by atoms with Gasteiger partial charge in [-0.05, 0) is 29.8 Å². The Kier molecular flexibility index (Phi) is 6.09. The first-order valence-corrected chi connectivity index (χ1v) is 7.60. The van der Waals surface area contributed by atoms with Crippen molar-refractivity contribution in [2.75, 3.05) is 6.54 Å². The zero-order valence-corrected chi connectivity index (χ0v) is 13.5. The van der Waals surface area contributed by atoms with Crippen LogP contribution in [0.1, 0.15) is 11.3 Å². The van der Waals surface area contributed by atoms with Gasteiger partial charge in [0.2, 0.25) is 11.8 Å². The van der Waals surface area contributed by atoms with Gasteiger partial charge in [0.1, 0.15) is 0 Å². The minimum atomic E-state index is -0.241. The molecule has 2 amide bonds. The molecule has 0 radical (unpaired) electrons. The molecular formula is C16H16BrN3O2. The first-order chi connectivity index (χ1) is 10.6. The molecule has 0 bridgehead atoms. The Bertz CT molecular complexity index is 630. The Morgan fingerprint density at radius 1 is 1.00 bits per heavy atom. The first-order valence-electron chi connectivity index (χ1n) is 6.81. The molecule has 0 fully saturated rings. The van der Waals surface area contributed by atoms with Gasteiger partial charge < -0.3 is 10.6 Å². The van der Waals surface area contributed by atoms with Crippen LogP contribution in [-0.4, -0.2) is 23.3 Å². The summed E-state index contributed by atoms with van der Waals surface area (Å²) in [6, 6.07) is 13.0. The highest BCUT2D eigenvalue weighted by molar-refractivity contribution is 9.10. The molecule has 1 heterocycles. The maximum Gasteiger partial charge on any atom is 0.239 e. The molecule has 0 unspecified atom stereocenters. The molecule has 2 aromatic rings. The topological polar surface area (TPSA) is 71.1 Å². The van der Waals surface area contributed by atoms with Gasteiger partial charge in [0.05, 0.1) is 25.2 Å². The molecule has 0 aliphatic rings. The molecule has 0 spiro atoms. The first kappa shape index (κ1) is 16.2. The third-order valence-electron chi connectivity index (χ3n) is 2.92. The lowest BCUT2D eigenvalue weighted by molar-refractivity contribution is -0.125. The summed E-state index contributed by atoms with van der Waals surface area (Å²) < 4.78 is 0.963. The van der Waals surface area contributed by atoms with E-state index in [2.05, 4.69) is 31.5 Å². The molecule has 114 valence electrons. The van der Waals surface area contributed by atoms with Crippen LogP contribution >= 0.6 is 15.9 Å². The number of halogens is 1. The highest BCUT2D eigenvalue weighted by atomic mass is 79.9. The molecular weight excluding hydrogens is 346 g/mol. The van der Waals surface area contributed by atoms with E-state index in [1.807, 2.05) is 42.5 Å². The number of benzene rings is 1. The van der Waals surface area contributed by atoms with Crippen LogP contribution in [0.5, 0.6) is 0 Å². The molecule has 0 aliphatic heterocycles. The summed E-state index contributed by atoms with van der Waals surface area (Å²) in [6.45, 7) is 0.310. The second-order valence-corrected chi connectivity index (χ2v) is 5.59. The van der Waals surface area contributed by atoms with Crippen molar-refractivity contribution in [3.63, 3.8) is 0 Å². The van der Waals surface area contributed by atoms with Crippen molar-refractivity contribution in [3.8, 4) is 0 Å². The monoisotopic (exact) mass is 361 g/mol. The molecule has 0 atom stereocenters. The van der Waals surface area contributed by atoms with Gasteiger partial charge in [-0.25, -0.2) is 0 Å². The molecule has 2 rings (SSSR count). The highest BCUT2D eigenvalue weighted by Gasteiger charge is 2.06. The van der Waals surface area contributed by atoms with Crippen LogP contribution in [0.15, 0.2) is 53.1 Å². The minimum absolute atomic E-state index is 0.0395. The fourth-order valence-corrected chi connectivity index (χ4v) is 2.05. The van der Waals surface area contributed by atoms with E-state index in [1.54, 1.807) is 6.20 Å². The van der Waals surface area contributed by atoms with E-state index in [1.165, 1.54) is 0 Å². The number of nitrogens with one attached hydrogen (secondary N) is 2. The minimum Gasteiger partial charge on any atom is -0.349 e. The van der Waals surface area contributed by atoms with Crippen LogP contribution in [0.2, 0.25) is 0 Å². The zero-order valence-electron chi connectivity index (χ0n) is 11.9. The van der Waals surface area contributed by atoms with E-state index in [9.17, 15) is 9.59 Å². The molecule has 0 saturated carbocycles. The van der Waals surface area contributed by atoms with Crippen molar-refractivity contribution in [1.82, 2.24) is 15.6 Å². The van der Waals surface area contributed by atoms with Crippen molar-refractivity contribution in [1.29, 1.82) is 0 Å². The van der Waals surface area contributed by atoms with E-state index in [4.69, 9.17) is 0 Å². The number of pyridine rings is 1. The van der Waals surface area contributed by atoms with Gasteiger partial charge in [0.25, 0.3) is 0 Å². The van der Waals surface area contributed by atoms with Crippen LogP contribution in [0, 0.1) is 0 Å². The lowest BCUT2D eigenvalue weighted by atomic mass is 10.1. The smallest absolute Gasteiger partial charge is 0.239 e. The predicted octanol–water partition coefficient (Wildman–Crippen LogP) is 1.82. The average Bonchev–Trinajstić information content (AvgIpc) is 2.54. The van der Waals surface area contributed by atoms with Crippen LogP contribution < -0.4 is 10.6 Å². The Morgan fingerprint density at radius 3 is 2.45 bits per heavy atom. The van der Waals surface area contributed by atoms with E-state index in [-0.39, 0.29) is 24.8 Å². The molecule has 5 nitrogen and oxygen atoms in total. The molecule has 2 N–H and O–H groups in total. The summed E-state index contributed by atoms with van der Waals surface area (Å²) in [4.78, 5) is 27.5. The number of aromatic nitrogens is 1. The Balaban J connectivity index is 1.69. The van der Waals surface area contributed by atoms with Gasteiger partial charge in [0, 0.05) is 10.7 Å². The van der Waals surface area contributed by atoms with Gasteiger partial charge in [-0.15, -0.1) is 0 Å². The van der Waals surface area contributed by atoms with Crippen molar-refractivity contribution >= 4 is 27.7 Å². The van der Waals surface area contributed by atoms with Crippen molar-refractivity contribution < 1.29 is 9.59 Å².